The standard InChI is InChI=1S/C17H24FNO5/c1-10-5-6-12(18)11(9-20)14(10)15(22)13(21)7-8-19-16(23)24-17(2,3)4/h5-6,9,13,15,21-22H,7-8H2,1-4H3,(H,19,23). The highest BCUT2D eigenvalue weighted by atomic mass is 19.1. The van der Waals surface area contributed by atoms with E-state index in [0.717, 1.165) is 6.07 Å². The molecule has 0 aromatic heterocycles. The molecule has 134 valence electrons. The van der Waals surface area contributed by atoms with E-state index in [0.29, 0.717) is 11.8 Å². The number of carbonyl (C=O) groups excluding carboxylic acids is 2. The number of hydrogen-bond donors (Lipinski definition) is 3. The number of alkyl carbamates (subject to hydrolysis) is 1. The monoisotopic (exact) mass is 341 g/mol. The Morgan fingerprint density at radius 2 is 2.00 bits per heavy atom. The molecule has 0 fully saturated rings. The van der Waals surface area contributed by atoms with Gasteiger partial charge in [0.05, 0.1) is 11.7 Å². The minimum absolute atomic E-state index is 0.00859. The zero-order chi connectivity index (χ0) is 18.5. The quantitative estimate of drug-likeness (QED) is 0.690. The molecule has 0 aliphatic heterocycles. The second-order valence-corrected chi connectivity index (χ2v) is 6.54. The van der Waals surface area contributed by atoms with Crippen LogP contribution in [0.3, 0.4) is 0 Å². The summed E-state index contributed by atoms with van der Waals surface area (Å²) >= 11 is 0. The van der Waals surface area contributed by atoms with Crippen LogP contribution in [0, 0.1) is 12.7 Å². The molecule has 1 aromatic carbocycles. The van der Waals surface area contributed by atoms with Gasteiger partial charge in [0.2, 0.25) is 0 Å². The topological polar surface area (TPSA) is 95.9 Å². The van der Waals surface area contributed by atoms with Crippen LogP contribution in [0.5, 0.6) is 0 Å². The molecule has 24 heavy (non-hydrogen) atoms. The van der Waals surface area contributed by atoms with Crippen molar-refractivity contribution in [3.8, 4) is 0 Å². The predicted octanol–water partition coefficient (Wildman–Crippen LogP) is 2.26. The maximum absolute atomic E-state index is 13.7. The van der Waals surface area contributed by atoms with E-state index in [4.69, 9.17) is 4.74 Å². The van der Waals surface area contributed by atoms with Crippen LogP contribution < -0.4 is 5.32 Å². The lowest BCUT2D eigenvalue weighted by Gasteiger charge is -2.23. The largest absolute Gasteiger partial charge is 0.444 e. The van der Waals surface area contributed by atoms with Gasteiger partial charge in [-0.05, 0) is 51.3 Å². The van der Waals surface area contributed by atoms with Gasteiger partial charge in [-0.1, -0.05) is 6.07 Å². The molecule has 0 spiro atoms. The number of carbonyl (C=O) groups is 2. The minimum Gasteiger partial charge on any atom is -0.444 e. The Bertz CT molecular complexity index is 597. The first-order valence-electron chi connectivity index (χ1n) is 7.64. The Kier molecular flexibility index (Phi) is 6.86. The van der Waals surface area contributed by atoms with Crippen LogP contribution in [0.25, 0.3) is 0 Å². The molecule has 3 N–H and O–H groups in total. The molecule has 1 amide bonds. The van der Waals surface area contributed by atoms with Crippen LogP contribution in [0.4, 0.5) is 9.18 Å². The normalized spacial score (nSPS) is 14.0. The van der Waals surface area contributed by atoms with Crippen molar-refractivity contribution < 1.29 is 28.9 Å². The van der Waals surface area contributed by atoms with Crippen molar-refractivity contribution >= 4 is 12.4 Å². The van der Waals surface area contributed by atoms with E-state index in [9.17, 15) is 24.2 Å². The van der Waals surface area contributed by atoms with Gasteiger partial charge in [0.15, 0.2) is 6.29 Å². The van der Waals surface area contributed by atoms with E-state index < -0.39 is 29.7 Å². The Labute approximate surface area is 140 Å². The van der Waals surface area contributed by atoms with Crippen molar-refractivity contribution in [3.63, 3.8) is 0 Å². The van der Waals surface area contributed by atoms with E-state index in [1.807, 2.05) is 0 Å². The molecule has 7 heteroatoms. The molecule has 0 aliphatic carbocycles. The first-order valence-corrected chi connectivity index (χ1v) is 7.64. The van der Waals surface area contributed by atoms with Crippen molar-refractivity contribution in [2.45, 2.75) is 51.9 Å². The van der Waals surface area contributed by atoms with Crippen molar-refractivity contribution in [3.05, 3.63) is 34.6 Å². The Balaban J connectivity index is 2.69. The summed E-state index contributed by atoms with van der Waals surface area (Å²) in [5.74, 6) is -0.760. The van der Waals surface area contributed by atoms with Gasteiger partial charge < -0.3 is 20.3 Å². The number of aliphatic hydroxyl groups is 2. The van der Waals surface area contributed by atoms with Crippen LogP contribution in [0.2, 0.25) is 0 Å². The van der Waals surface area contributed by atoms with E-state index in [-0.39, 0.29) is 24.1 Å². The molecule has 0 bridgehead atoms. The summed E-state index contributed by atoms with van der Waals surface area (Å²) < 4.78 is 18.7. The average Bonchev–Trinajstić information content (AvgIpc) is 2.46. The first-order chi connectivity index (χ1) is 11.1. The number of rotatable bonds is 6. The number of amides is 1. The molecular weight excluding hydrogens is 317 g/mol. The SMILES string of the molecule is Cc1ccc(F)c(C=O)c1C(O)C(O)CCNC(=O)OC(C)(C)C. The predicted molar refractivity (Wildman–Crippen MR) is 86.3 cm³/mol. The van der Waals surface area contributed by atoms with Crippen molar-refractivity contribution in [1.82, 2.24) is 5.32 Å². The molecule has 1 rings (SSSR count). The van der Waals surface area contributed by atoms with Gasteiger partial charge >= 0.3 is 6.09 Å². The lowest BCUT2D eigenvalue weighted by molar-refractivity contribution is 0.0115. The highest BCUT2D eigenvalue weighted by Gasteiger charge is 2.25. The third kappa shape index (κ3) is 5.58. The number of benzene rings is 1. The van der Waals surface area contributed by atoms with Crippen LogP contribution in [0.15, 0.2) is 12.1 Å². The van der Waals surface area contributed by atoms with Gasteiger partial charge in [0.1, 0.15) is 17.5 Å². The fraction of sp³-hybridized carbons (Fsp3) is 0.529. The number of aliphatic hydroxyl groups excluding tert-OH is 2. The summed E-state index contributed by atoms with van der Waals surface area (Å²) in [7, 11) is 0. The van der Waals surface area contributed by atoms with E-state index >= 15 is 0 Å². The number of hydrogen-bond acceptors (Lipinski definition) is 5. The molecule has 1 aromatic rings. The van der Waals surface area contributed by atoms with Gasteiger partial charge in [0, 0.05) is 6.54 Å². The molecule has 2 unspecified atom stereocenters. The molecule has 0 radical (unpaired) electrons. The van der Waals surface area contributed by atoms with E-state index in [1.165, 1.54) is 6.07 Å². The Morgan fingerprint density at radius 1 is 1.38 bits per heavy atom. The summed E-state index contributed by atoms with van der Waals surface area (Å²) in [4.78, 5) is 22.6. The number of ether oxygens (including phenoxy) is 1. The smallest absolute Gasteiger partial charge is 0.407 e. The van der Waals surface area contributed by atoms with Crippen LogP contribution in [0.1, 0.15) is 54.8 Å². The van der Waals surface area contributed by atoms with Crippen molar-refractivity contribution in [2.24, 2.45) is 0 Å². The molecule has 0 aliphatic rings. The highest BCUT2D eigenvalue weighted by Crippen LogP contribution is 2.27. The minimum atomic E-state index is -1.44. The Morgan fingerprint density at radius 3 is 2.54 bits per heavy atom. The number of nitrogens with one attached hydrogen (secondary N) is 1. The Hall–Kier alpha value is -1.99. The first kappa shape index (κ1) is 20.1. The third-order valence-electron chi connectivity index (χ3n) is 3.34. The third-order valence-corrected chi connectivity index (χ3v) is 3.34. The summed E-state index contributed by atoms with van der Waals surface area (Å²) in [5.41, 5.74) is -0.374. The van der Waals surface area contributed by atoms with Gasteiger partial charge in [-0.25, -0.2) is 9.18 Å². The zero-order valence-electron chi connectivity index (χ0n) is 14.3. The fourth-order valence-corrected chi connectivity index (χ4v) is 2.22. The van der Waals surface area contributed by atoms with Crippen LogP contribution >= 0.6 is 0 Å². The summed E-state index contributed by atoms with van der Waals surface area (Å²) in [5, 5.41) is 22.8. The number of aryl methyl sites for hydroxylation is 1. The van der Waals surface area contributed by atoms with Crippen molar-refractivity contribution in [1.29, 1.82) is 0 Å². The summed E-state index contributed by atoms with van der Waals surface area (Å²) in [6, 6.07) is 2.55. The van der Waals surface area contributed by atoms with Gasteiger partial charge in [-0.2, -0.15) is 0 Å². The summed E-state index contributed by atoms with van der Waals surface area (Å²) in [6.45, 7) is 6.82. The number of aldehydes is 1. The maximum atomic E-state index is 13.7. The molecule has 0 heterocycles. The average molecular weight is 341 g/mol. The van der Waals surface area contributed by atoms with E-state index in [2.05, 4.69) is 5.32 Å². The molecule has 0 saturated carbocycles. The van der Waals surface area contributed by atoms with E-state index in [1.54, 1.807) is 27.7 Å². The van der Waals surface area contributed by atoms with Crippen molar-refractivity contribution in [2.75, 3.05) is 6.54 Å². The zero-order valence-corrected chi connectivity index (χ0v) is 14.3. The van der Waals surface area contributed by atoms with Crippen LogP contribution in [-0.2, 0) is 4.74 Å². The second kappa shape index (κ2) is 8.21. The lowest BCUT2D eigenvalue weighted by atomic mass is 9.93. The van der Waals surface area contributed by atoms with Crippen LogP contribution in [-0.4, -0.2) is 40.8 Å². The fourth-order valence-electron chi connectivity index (χ4n) is 2.22. The molecule has 6 nitrogen and oxygen atoms in total. The second-order valence-electron chi connectivity index (χ2n) is 6.54. The molecule has 2 atom stereocenters. The maximum Gasteiger partial charge on any atom is 0.407 e. The van der Waals surface area contributed by atoms with Gasteiger partial charge in [0.25, 0.3) is 0 Å². The molecule has 0 saturated heterocycles. The number of halogens is 1. The highest BCUT2D eigenvalue weighted by molar-refractivity contribution is 5.78. The van der Waals surface area contributed by atoms with Gasteiger partial charge in [-0.15, -0.1) is 0 Å². The summed E-state index contributed by atoms with van der Waals surface area (Å²) in [6.07, 6.45) is -3.04. The molecular formula is C17H24FNO5. The lowest BCUT2D eigenvalue weighted by Crippen LogP contribution is -2.34. The van der Waals surface area contributed by atoms with Gasteiger partial charge in [-0.3, -0.25) is 4.79 Å².